The van der Waals surface area contributed by atoms with E-state index < -0.39 is 6.36 Å². The fourth-order valence-electron chi connectivity index (χ4n) is 4.03. The van der Waals surface area contributed by atoms with Gasteiger partial charge in [-0.25, -0.2) is 4.98 Å². The molecule has 0 saturated heterocycles. The number of hydrogen-bond donors (Lipinski definition) is 1. The Morgan fingerprint density at radius 2 is 1.81 bits per heavy atom. The Morgan fingerprint density at radius 3 is 2.50 bits per heavy atom. The monoisotopic (exact) mass is 492 g/mol. The van der Waals surface area contributed by atoms with Crippen molar-refractivity contribution in [3.05, 3.63) is 66.0 Å². The van der Waals surface area contributed by atoms with Gasteiger partial charge in [-0.1, -0.05) is 12.1 Å². The molecule has 0 atom stereocenters. The van der Waals surface area contributed by atoms with Crippen molar-refractivity contribution >= 4 is 28.8 Å². The molecule has 0 saturated carbocycles. The maximum atomic E-state index is 12.7. The van der Waals surface area contributed by atoms with E-state index in [-0.39, 0.29) is 11.8 Å². The number of alkyl halides is 3. The molecule has 2 aromatic carbocycles. The molecule has 3 aliphatic rings. The molecule has 5 rings (SSSR count). The Hall–Kier alpha value is -4.21. The minimum Gasteiger partial charge on any atom is -0.406 e. The van der Waals surface area contributed by atoms with Crippen LogP contribution in [0.3, 0.4) is 0 Å². The first-order chi connectivity index (χ1) is 17.3. The first kappa shape index (κ1) is 23.5. The number of nitrogens with one attached hydrogen (secondary N) is 1. The van der Waals surface area contributed by atoms with Gasteiger partial charge in [0.2, 0.25) is 0 Å². The van der Waals surface area contributed by atoms with E-state index in [2.05, 4.69) is 20.0 Å². The normalized spacial score (nSPS) is 14.5. The molecule has 184 valence electrons. The number of nitrogens with zero attached hydrogens (tertiary/aromatic N) is 5. The van der Waals surface area contributed by atoms with Gasteiger partial charge in [0.05, 0.1) is 52.8 Å². The van der Waals surface area contributed by atoms with Crippen molar-refractivity contribution < 1.29 is 17.9 Å². The lowest BCUT2D eigenvalue weighted by Gasteiger charge is -2.21. The van der Waals surface area contributed by atoms with Gasteiger partial charge in [0.25, 0.3) is 0 Å². The summed E-state index contributed by atoms with van der Waals surface area (Å²) in [5, 5.41) is 4.03. The van der Waals surface area contributed by atoms with E-state index in [1.807, 2.05) is 54.8 Å². The SMILES string of the molecule is CC(C)N=c1cc2n(-c3ccc(OC(F)(F)F)cc3)c3ccccc3nc-2cc1NC1=NCCN=C1. The van der Waals surface area contributed by atoms with Crippen molar-refractivity contribution in [3.63, 3.8) is 0 Å². The van der Waals surface area contributed by atoms with Crippen LogP contribution in [0.15, 0.2) is 75.6 Å². The zero-order chi connectivity index (χ0) is 25.3. The molecule has 2 heterocycles. The van der Waals surface area contributed by atoms with Gasteiger partial charge >= 0.3 is 6.36 Å². The second kappa shape index (κ2) is 9.44. The van der Waals surface area contributed by atoms with Crippen molar-refractivity contribution in [2.45, 2.75) is 26.3 Å². The summed E-state index contributed by atoms with van der Waals surface area (Å²) in [4.78, 5) is 18.4. The molecule has 1 aliphatic carbocycles. The predicted octanol–water partition coefficient (Wildman–Crippen LogP) is 5.23. The molecule has 0 bridgehead atoms. The van der Waals surface area contributed by atoms with Crippen LogP contribution in [-0.4, -0.2) is 47.1 Å². The van der Waals surface area contributed by atoms with Crippen LogP contribution in [-0.2, 0) is 0 Å². The second-order valence-electron chi connectivity index (χ2n) is 8.49. The lowest BCUT2D eigenvalue weighted by Crippen LogP contribution is -2.24. The van der Waals surface area contributed by atoms with Crippen LogP contribution in [0.4, 0.5) is 18.9 Å². The summed E-state index contributed by atoms with van der Waals surface area (Å²) in [6.45, 7) is 5.24. The molecular formula is C26H23F3N6O. The molecule has 0 radical (unpaired) electrons. The fraction of sp³-hybridized carbons (Fsp3) is 0.231. The number of fused-ring (bicyclic) bond motifs is 2. The first-order valence-electron chi connectivity index (χ1n) is 11.4. The van der Waals surface area contributed by atoms with E-state index in [1.165, 1.54) is 12.1 Å². The molecule has 7 nitrogen and oxygen atoms in total. The van der Waals surface area contributed by atoms with Gasteiger partial charge in [-0.15, -0.1) is 13.2 Å². The smallest absolute Gasteiger partial charge is 0.406 e. The van der Waals surface area contributed by atoms with Crippen molar-refractivity contribution in [3.8, 4) is 22.8 Å². The molecule has 0 spiro atoms. The van der Waals surface area contributed by atoms with Crippen LogP contribution >= 0.6 is 0 Å². The highest BCUT2D eigenvalue weighted by Crippen LogP contribution is 2.31. The Balaban J connectivity index is 1.72. The van der Waals surface area contributed by atoms with E-state index in [0.29, 0.717) is 35.7 Å². The number of ether oxygens (including phenoxy) is 1. The van der Waals surface area contributed by atoms with Gasteiger partial charge in [0.1, 0.15) is 11.6 Å². The molecule has 1 N–H and O–H groups in total. The minimum absolute atomic E-state index is 0.0191. The maximum absolute atomic E-state index is 12.7. The van der Waals surface area contributed by atoms with E-state index in [1.54, 1.807) is 18.3 Å². The van der Waals surface area contributed by atoms with E-state index in [4.69, 9.17) is 9.98 Å². The van der Waals surface area contributed by atoms with Gasteiger partial charge in [-0.2, -0.15) is 0 Å². The summed E-state index contributed by atoms with van der Waals surface area (Å²) in [6.07, 6.45) is -3.06. The number of aromatic nitrogens is 2. The summed E-state index contributed by atoms with van der Waals surface area (Å²) < 4.78 is 44.0. The molecule has 2 aromatic rings. The number of amidine groups is 1. The van der Waals surface area contributed by atoms with Crippen molar-refractivity contribution in [2.75, 3.05) is 18.4 Å². The number of hydrogen-bond acceptors (Lipinski definition) is 6. The maximum Gasteiger partial charge on any atom is 0.573 e. The highest BCUT2D eigenvalue weighted by atomic mass is 19.4. The van der Waals surface area contributed by atoms with Crippen LogP contribution in [0, 0.1) is 0 Å². The number of halogens is 3. The zero-order valence-electron chi connectivity index (χ0n) is 19.6. The number of aliphatic imine (C=N–C) groups is 2. The number of para-hydroxylation sites is 2. The summed E-state index contributed by atoms with van der Waals surface area (Å²) >= 11 is 0. The van der Waals surface area contributed by atoms with Crippen LogP contribution in [0.2, 0.25) is 0 Å². The van der Waals surface area contributed by atoms with Gasteiger partial charge in [0, 0.05) is 11.7 Å². The predicted molar refractivity (Wildman–Crippen MR) is 134 cm³/mol. The molecule has 0 unspecified atom stereocenters. The van der Waals surface area contributed by atoms with Crippen LogP contribution < -0.4 is 15.4 Å². The van der Waals surface area contributed by atoms with Crippen molar-refractivity contribution in [1.82, 2.24) is 9.55 Å². The minimum atomic E-state index is -4.76. The Bertz CT molecular complexity index is 1500. The zero-order valence-corrected chi connectivity index (χ0v) is 19.6. The van der Waals surface area contributed by atoms with Crippen molar-refractivity contribution in [1.29, 1.82) is 0 Å². The molecular weight excluding hydrogens is 469 g/mol. The Morgan fingerprint density at radius 1 is 1.03 bits per heavy atom. The lowest BCUT2D eigenvalue weighted by molar-refractivity contribution is -0.274. The number of benzene rings is 3. The quantitative estimate of drug-likeness (QED) is 0.396. The number of anilines is 1. The van der Waals surface area contributed by atoms with E-state index >= 15 is 0 Å². The van der Waals surface area contributed by atoms with Gasteiger partial charge in [-0.05, 0) is 62.4 Å². The van der Waals surface area contributed by atoms with E-state index in [0.717, 1.165) is 22.4 Å². The molecule has 0 amide bonds. The van der Waals surface area contributed by atoms with Crippen LogP contribution in [0.5, 0.6) is 5.75 Å². The second-order valence-corrected chi connectivity index (χ2v) is 8.49. The Kier molecular flexibility index (Phi) is 6.17. The van der Waals surface area contributed by atoms with Gasteiger partial charge < -0.3 is 14.6 Å². The highest BCUT2D eigenvalue weighted by Gasteiger charge is 2.31. The summed E-state index contributed by atoms with van der Waals surface area (Å²) in [5.41, 5.74) is 4.37. The lowest BCUT2D eigenvalue weighted by atomic mass is 10.1. The third kappa shape index (κ3) is 5.07. The average Bonchev–Trinajstić information content (AvgIpc) is 2.83. The average molecular weight is 493 g/mol. The standard InChI is InChI=1S/C26H23F3N6O/c1-16(2)32-21-14-24-22(13-20(21)34-25-15-30-11-12-31-25)33-19-5-3-4-6-23(19)35(24)17-7-9-18(10-8-17)36-26(27,28)29/h3-10,13-16H,11-12H2,1-2H3,(H,31,34). The number of rotatable bonds is 4. The highest BCUT2D eigenvalue weighted by molar-refractivity contribution is 6.35. The largest absolute Gasteiger partial charge is 0.573 e. The molecule has 2 aliphatic heterocycles. The fourth-order valence-corrected chi connectivity index (χ4v) is 4.03. The topological polar surface area (TPSA) is 76.2 Å². The first-order valence-corrected chi connectivity index (χ1v) is 11.4. The molecule has 36 heavy (non-hydrogen) atoms. The third-order valence-corrected chi connectivity index (χ3v) is 5.41. The molecule has 0 fully saturated rings. The Labute approximate surface area is 205 Å². The van der Waals surface area contributed by atoms with Crippen LogP contribution in [0.25, 0.3) is 28.1 Å². The summed E-state index contributed by atoms with van der Waals surface area (Å²) in [5.74, 6) is 0.362. The third-order valence-electron chi connectivity index (χ3n) is 5.41. The van der Waals surface area contributed by atoms with Gasteiger partial charge in [-0.3, -0.25) is 15.0 Å². The molecule has 10 heteroatoms. The van der Waals surface area contributed by atoms with Crippen LogP contribution in [0.1, 0.15) is 13.8 Å². The van der Waals surface area contributed by atoms with Crippen molar-refractivity contribution in [2.24, 2.45) is 15.0 Å². The molecule has 0 aromatic heterocycles. The summed E-state index contributed by atoms with van der Waals surface area (Å²) in [7, 11) is 0. The summed E-state index contributed by atoms with van der Waals surface area (Å²) in [6, 6.07) is 17.2. The van der Waals surface area contributed by atoms with E-state index in [9.17, 15) is 13.2 Å². The van der Waals surface area contributed by atoms with Gasteiger partial charge in [0.15, 0.2) is 0 Å².